The Morgan fingerprint density at radius 2 is 1.73 bits per heavy atom. The van der Waals surface area contributed by atoms with Crippen LogP contribution in [-0.4, -0.2) is 33.7 Å². The average molecular weight is 376 g/mol. The Bertz CT molecular complexity index is 853. The van der Waals surface area contributed by atoms with Crippen molar-refractivity contribution in [3.63, 3.8) is 0 Å². The van der Waals surface area contributed by atoms with Crippen molar-refractivity contribution in [1.82, 2.24) is 5.32 Å². The molecule has 0 unspecified atom stereocenters. The van der Waals surface area contributed by atoms with Gasteiger partial charge in [0.25, 0.3) is 0 Å². The highest BCUT2D eigenvalue weighted by Gasteiger charge is 2.30. The summed E-state index contributed by atoms with van der Waals surface area (Å²) in [7, 11) is -2.17. The number of ether oxygens (including phenoxy) is 1. The monoisotopic (exact) mass is 376 g/mol. The molecule has 2 atom stereocenters. The number of nitrogens with zero attached hydrogens (tertiary/aromatic N) is 1. The van der Waals surface area contributed by atoms with Crippen LogP contribution >= 0.6 is 0 Å². The zero-order chi connectivity index (χ0) is 19.3. The third-order valence-corrected chi connectivity index (χ3v) is 5.30. The maximum atomic E-state index is 12.7. The van der Waals surface area contributed by atoms with Crippen molar-refractivity contribution >= 4 is 21.6 Å². The third kappa shape index (κ3) is 4.76. The van der Waals surface area contributed by atoms with Gasteiger partial charge >= 0.3 is 0 Å². The van der Waals surface area contributed by atoms with E-state index in [2.05, 4.69) is 5.32 Å². The fourth-order valence-electron chi connectivity index (χ4n) is 2.72. The van der Waals surface area contributed by atoms with Crippen molar-refractivity contribution in [2.75, 3.05) is 17.7 Å². The average Bonchev–Trinajstić information content (AvgIpc) is 2.61. The predicted octanol–water partition coefficient (Wildman–Crippen LogP) is 2.73. The molecule has 0 spiro atoms. The van der Waals surface area contributed by atoms with E-state index < -0.39 is 16.1 Å². The topological polar surface area (TPSA) is 75.7 Å². The molecule has 0 radical (unpaired) electrons. The lowest BCUT2D eigenvalue weighted by atomic mass is 10.1. The number of carbonyl (C=O) groups excluding carboxylic acids is 1. The molecule has 0 aliphatic carbocycles. The zero-order valence-corrected chi connectivity index (χ0v) is 16.2. The number of benzene rings is 2. The van der Waals surface area contributed by atoms with Crippen LogP contribution in [0.4, 0.5) is 5.69 Å². The van der Waals surface area contributed by atoms with Gasteiger partial charge in [0.1, 0.15) is 11.8 Å². The minimum Gasteiger partial charge on any atom is -0.497 e. The first kappa shape index (κ1) is 19.8. The molecule has 1 N–H and O–H groups in total. The summed E-state index contributed by atoms with van der Waals surface area (Å²) >= 11 is 0. The van der Waals surface area contributed by atoms with Gasteiger partial charge in [-0.05, 0) is 31.5 Å². The molecule has 2 aromatic rings. The van der Waals surface area contributed by atoms with E-state index in [9.17, 15) is 13.2 Å². The molecule has 0 aliphatic heterocycles. The molecule has 0 saturated heterocycles. The molecule has 0 fully saturated rings. The summed E-state index contributed by atoms with van der Waals surface area (Å²) in [6.45, 7) is 3.42. The van der Waals surface area contributed by atoms with Gasteiger partial charge in [0.05, 0.1) is 25.1 Å². The summed E-state index contributed by atoms with van der Waals surface area (Å²) in [5.74, 6) is 0.135. The Labute approximate surface area is 154 Å². The van der Waals surface area contributed by atoms with Crippen molar-refractivity contribution in [2.45, 2.75) is 25.9 Å². The lowest BCUT2D eigenvalue weighted by Crippen LogP contribution is -2.48. The Kier molecular flexibility index (Phi) is 6.26. The van der Waals surface area contributed by atoms with Crippen molar-refractivity contribution in [3.05, 3.63) is 60.2 Å². The molecule has 2 rings (SSSR count). The van der Waals surface area contributed by atoms with Crippen molar-refractivity contribution in [1.29, 1.82) is 0 Å². The second-order valence-corrected chi connectivity index (χ2v) is 7.94. The van der Waals surface area contributed by atoms with Crippen LogP contribution in [0.15, 0.2) is 54.6 Å². The van der Waals surface area contributed by atoms with Crippen molar-refractivity contribution in [3.8, 4) is 5.75 Å². The summed E-state index contributed by atoms with van der Waals surface area (Å²) in [4.78, 5) is 12.7. The largest absolute Gasteiger partial charge is 0.497 e. The molecule has 140 valence electrons. The predicted molar refractivity (Wildman–Crippen MR) is 103 cm³/mol. The standard InChI is InChI=1S/C19H24N2O4S/c1-14(16-9-6-5-7-10-16)20-19(22)15(2)21(26(4,23)24)17-11-8-12-18(13-17)25-3/h5-15H,1-4H3,(H,20,22)/t14-,15-/m1/s1. The van der Waals surface area contributed by atoms with Gasteiger partial charge in [-0.1, -0.05) is 36.4 Å². The van der Waals surface area contributed by atoms with Crippen molar-refractivity contribution in [2.24, 2.45) is 0 Å². The minimum atomic E-state index is -3.67. The van der Waals surface area contributed by atoms with Gasteiger partial charge in [-0.3, -0.25) is 9.10 Å². The minimum absolute atomic E-state index is 0.238. The van der Waals surface area contributed by atoms with E-state index in [4.69, 9.17) is 4.74 Å². The molecule has 0 heterocycles. The molecule has 6 nitrogen and oxygen atoms in total. The molecular formula is C19H24N2O4S. The lowest BCUT2D eigenvalue weighted by molar-refractivity contribution is -0.122. The van der Waals surface area contributed by atoms with Crippen LogP contribution in [0.5, 0.6) is 5.75 Å². The lowest BCUT2D eigenvalue weighted by Gasteiger charge is -2.29. The van der Waals surface area contributed by atoms with Gasteiger partial charge in [0, 0.05) is 6.07 Å². The first-order valence-electron chi connectivity index (χ1n) is 8.23. The fraction of sp³-hybridized carbons (Fsp3) is 0.316. The Morgan fingerprint density at radius 1 is 1.08 bits per heavy atom. The maximum Gasteiger partial charge on any atom is 0.244 e. The van der Waals surface area contributed by atoms with E-state index in [0.717, 1.165) is 16.1 Å². The van der Waals surface area contributed by atoms with Crippen LogP contribution in [0, 0.1) is 0 Å². The van der Waals surface area contributed by atoms with Crippen LogP contribution in [0.25, 0.3) is 0 Å². The first-order chi connectivity index (χ1) is 12.2. The number of carbonyl (C=O) groups is 1. The second-order valence-electron chi connectivity index (χ2n) is 6.08. The maximum absolute atomic E-state index is 12.7. The van der Waals surface area contributed by atoms with Crippen LogP contribution in [0.3, 0.4) is 0 Å². The Balaban J connectivity index is 2.26. The number of amides is 1. The van der Waals surface area contributed by atoms with Gasteiger partial charge < -0.3 is 10.1 Å². The molecule has 26 heavy (non-hydrogen) atoms. The fourth-order valence-corrected chi connectivity index (χ4v) is 3.88. The second kappa shape index (κ2) is 8.23. The van der Waals surface area contributed by atoms with Gasteiger partial charge in [0.2, 0.25) is 15.9 Å². The number of sulfonamides is 1. The number of nitrogens with one attached hydrogen (secondary N) is 1. The summed E-state index contributed by atoms with van der Waals surface area (Å²) in [6, 6.07) is 15.0. The highest BCUT2D eigenvalue weighted by atomic mass is 32.2. The van der Waals surface area contributed by atoms with Gasteiger partial charge in [-0.25, -0.2) is 8.42 Å². The molecule has 0 saturated carbocycles. The Morgan fingerprint density at radius 3 is 2.31 bits per heavy atom. The summed E-state index contributed by atoms with van der Waals surface area (Å²) in [5.41, 5.74) is 1.32. The number of rotatable bonds is 7. The van der Waals surface area contributed by atoms with Crippen molar-refractivity contribution < 1.29 is 17.9 Å². The van der Waals surface area contributed by atoms with Crippen LogP contribution in [0.1, 0.15) is 25.5 Å². The van der Waals surface area contributed by atoms with Crippen LogP contribution < -0.4 is 14.4 Å². The highest BCUT2D eigenvalue weighted by molar-refractivity contribution is 7.92. The quantitative estimate of drug-likeness (QED) is 0.806. The van der Waals surface area contributed by atoms with E-state index in [-0.39, 0.29) is 11.9 Å². The molecule has 0 aromatic heterocycles. The molecule has 2 aromatic carbocycles. The number of hydrogen-bond acceptors (Lipinski definition) is 4. The normalized spacial score (nSPS) is 13.5. The molecule has 1 amide bonds. The Hall–Kier alpha value is -2.54. The van der Waals surface area contributed by atoms with Gasteiger partial charge in [-0.2, -0.15) is 0 Å². The van der Waals surface area contributed by atoms with E-state index in [1.807, 2.05) is 37.3 Å². The number of methoxy groups -OCH3 is 1. The van der Waals surface area contributed by atoms with E-state index in [1.54, 1.807) is 31.2 Å². The molecule has 0 aliphatic rings. The van der Waals surface area contributed by atoms with Crippen LogP contribution in [-0.2, 0) is 14.8 Å². The van der Waals surface area contributed by atoms with Gasteiger partial charge in [0.15, 0.2) is 0 Å². The zero-order valence-electron chi connectivity index (χ0n) is 15.3. The summed E-state index contributed by atoms with van der Waals surface area (Å²) in [6.07, 6.45) is 1.08. The van der Waals surface area contributed by atoms with Gasteiger partial charge in [-0.15, -0.1) is 0 Å². The molecule has 7 heteroatoms. The SMILES string of the molecule is COc1cccc(N([C@H](C)C(=O)N[C@H](C)c2ccccc2)S(C)(=O)=O)c1. The number of hydrogen-bond donors (Lipinski definition) is 1. The summed E-state index contributed by atoms with van der Waals surface area (Å²) in [5, 5.41) is 2.87. The van der Waals surface area contributed by atoms with E-state index in [1.165, 1.54) is 7.11 Å². The molecule has 0 bridgehead atoms. The number of anilines is 1. The highest BCUT2D eigenvalue weighted by Crippen LogP contribution is 2.25. The van der Waals surface area contributed by atoms with Crippen LogP contribution in [0.2, 0.25) is 0 Å². The summed E-state index contributed by atoms with van der Waals surface area (Å²) < 4.78 is 30.9. The smallest absolute Gasteiger partial charge is 0.244 e. The first-order valence-corrected chi connectivity index (χ1v) is 10.1. The van der Waals surface area contributed by atoms with E-state index >= 15 is 0 Å². The molecular weight excluding hydrogens is 352 g/mol. The van der Waals surface area contributed by atoms with E-state index in [0.29, 0.717) is 11.4 Å². The third-order valence-electron chi connectivity index (χ3n) is 4.05.